The smallest absolute Gasteiger partial charge is 0.0932 e. The first-order chi connectivity index (χ1) is 6.22. The molecule has 1 aliphatic rings. The number of aliphatic hydroxyl groups excluding tert-OH is 1. The maximum Gasteiger partial charge on any atom is 0.0932 e. The maximum absolute atomic E-state index is 9.08. The van der Waals surface area contributed by atoms with Gasteiger partial charge in [0.15, 0.2) is 0 Å². The molecule has 1 aliphatic heterocycles. The lowest BCUT2D eigenvalue weighted by Gasteiger charge is -2.38. The number of piperidine rings is 1. The van der Waals surface area contributed by atoms with Crippen LogP contribution in [-0.2, 0) is 4.74 Å². The maximum atomic E-state index is 9.08. The van der Waals surface area contributed by atoms with E-state index in [1.807, 2.05) is 13.8 Å². The molecule has 0 bridgehead atoms. The monoisotopic (exact) mass is 189 g/mol. The Bertz CT molecular complexity index is 114. The molecule has 0 aliphatic carbocycles. The lowest BCUT2D eigenvalue weighted by Crippen LogP contribution is -2.46. The Labute approximate surface area is 81.7 Å². The zero-order chi connectivity index (χ0) is 10.3. The van der Waals surface area contributed by atoms with E-state index in [0.717, 1.165) is 25.9 Å². The van der Waals surface area contributed by atoms with Crippen molar-refractivity contribution in [3.05, 3.63) is 0 Å². The molecule has 0 saturated carbocycles. The average Bonchev–Trinajstić information content (AvgIpc) is 2.23. The molecule has 0 aromatic carbocycles. The van der Waals surface area contributed by atoms with Gasteiger partial charge in [0.05, 0.1) is 12.2 Å². The Hall–Kier alpha value is -0.120. The third kappa shape index (κ3) is 3.63. The average molecular weight is 189 g/mol. The Balaban J connectivity index is 0.000000671. The van der Waals surface area contributed by atoms with Crippen LogP contribution in [0, 0.1) is 0 Å². The van der Waals surface area contributed by atoms with Gasteiger partial charge in [-0.1, -0.05) is 13.8 Å². The fourth-order valence-electron chi connectivity index (χ4n) is 1.45. The molecule has 1 heterocycles. The van der Waals surface area contributed by atoms with Crippen molar-refractivity contribution in [3.8, 4) is 0 Å². The standard InChI is InChI=1S/C8H17NO2.C2H6/c1-9-5-3-8(7-10,11-2)4-6-9;1-2/h10H,3-7H2,1-2H3;1-2H3. The van der Waals surface area contributed by atoms with Gasteiger partial charge in [-0.2, -0.15) is 0 Å². The zero-order valence-corrected chi connectivity index (χ0v) is 9.34. The summed E-state index contributed by atoms with van der Waals surface area (Å²) in [6, 6.07) is 0. The van der Waals surface area contributed by atoms with Crippen LogP contribution in [-0.4, -0.2) is 49.5 Å². The molecule has 0 atom stereocenters. The first-order valence-electron chi connectivity index (χ1n) is 5.07. The van der Waals surface area contributed by atoms with Crippen molar-refractivity contribution in [1.82, 2.24) is 4.90 Å². The molecule has 3 nitrogen and oxygen atoms in total. The Kier molecular flexibility index (Phi) is 6.29. The first-order valence-corrected chi connectivity index (χ1v) is 5.07. The number of hydrogen-bond donors (Lipinski definition) is 1. The van der Waals surface area contributed by atoms with Crippen molar-refractivity contribution in [2.75, 3.05) is 33.9 Å². The number of rotatable bonds is 2. The lowest BCUT2D eigenvalue weighted by atomic mass is 9.92. The molecule has 80 valence electrons. The molecule has 0 unspecified atom stereocenters. The predicted octanol–water partition coefficient (Wildman–Crippen LogP) is 1.12. The summed E-state index contributed by atoms with van der Waals surface area (Å²) in [4.78, 5) is 2.26. The van der Waals surface area contributed by atoms with Crippen LogP contribution in [0.15, 0.2) is 0 Å². The van der Waals surface area contributed by atoms with Gasteiger partial charge in [0.25, 0.3) is 0 Å². The van der Waals surface area contributed by atoms with Gasteiger partial charge in [0.2, 0.25) is 0 Å². The van der Waals surface area contributed by atoms with E-state index in [1.54, 1.807) is 7.11 Å². The number of hydrogen-bond acceptors (Lipinski definition) is 3. The van der Waals surface area contributed by atoms with Crippen LogP contribution in [0.2, 0.25) is 0 Å². The van der Waals surface area contributed by atoms with Crippen molar-refractivity contribution >= 4 is 0 Å². The van der Waals surface area contributed by atoms with Gasteiger partial charge in [-0.3, -0.25) is 0 Å². The third-order valence-electron chi connectivity index (χ3n) is 2.62. The SMILES string of the molecule is CC.COC1(CO)CCN(C)CC1. The quantitative estimate of drug-likeness (QED) is 0.706. The topological polar surface area (TPSA) is 32.7 Å². The van der Waals surface area contributed by atoms with E-state index in [9.17, 15) is 0 Å². The minimum absolute atomic E-state index is 0.150. The first kappa shape index (κ1) is 12.9. The Morgan fingerprint density at radius 1 is 1.31 bits per heavy atom. The minimum atomic E-state index is -0.244. The van der Waals surface area contributed by atoms with Gasteiger partial charge in [0, 0.05) is 20.2 Å². The number of ether oxygens (including phenoxy) is 1. The van der Waals surface area contributed by atoms with Crippen molar-refractivity contribution < 1.29 is 9.84 Å². The summed E-state index contributed by atoms with van der Waals surface area (Å²) >= 11 is 0. The predicted molar refractivity (Wildman–Crippen MR) is 54.9 cm³/mol. The van der Waals surface area contributed by atoms with Crippen LogP contribution in [0.5, 0.6) is 0 Å². The summed E-state index contributed by atoms with van der Waals surface area (Å²) < 4.78 is 5.30. The number of nitrogens with zero attached hydrogens (tertiary/aromatic N) is 1. The van der Waals surface area contributed by atoms with Crippen molar-refractivity contribution in [3.63, 3.8) is 0 Å². The van der Waals surface area contributed by atoms with Crippen LogP contribution in [0.4, 0.5) is 0 Å². The van der Waals surface area contributed by atoms with Gasteiger partial charge in [0.1, 0.15) is 0 Å². The molecule has 1 fully saturated rings. The molecule has 1 saturated heterocycles. The fourth-order valence-corrected chi connectivity index (χ4v) is 1.45. The summed E-state index contributed by atoms with van der Waals surface area (Å²) in [7, 11) is 3.78. The Morgan fingerprint density at radius 3 is 2.08 bits per heavy atom. The second kappa shape index (κ2) is 6.35. The summed E-state index contributed by atoms with van der Waals surface area (Å²) in [6.45, 7) is 6.19. The summed E-state index contributed by atoms with van der Waals surface area (Å²) in [5.74, 6) is 0. The van der Waals surface area contributed by atoms with Crippen LogP contribution >= 0.6 is 0 Å². The normalized spacial score (nSPS) is 21.9. The molecular weight excluding hydrogens is 166 g/mol. The van der Waals surface area contributed by atoms with E-state index < -0.39 is 0 Å². The van der Waals surface area contributed by atoms with Gasteiger partial charge in [-0.15, -0.1) is 0 Å². The van der Waals surface area contributed by atoms with Crippen molar-refractivity contribution in [2.24, 2.45) is 0 Å². The third-order valence-corrected chi connectivity index (χ3v) is 2.62. The highest BCUT2D eigenvalue weighted by Crippen LogP contribution is 2.23. The van der Waals surface area contributed by atoms with Crippen LogP contribution < -0.4 is 0 Å². The summed E-state index contributed by atoms with van der Waals surface area (Å²) in [6.07, 6.45) is 1.88. The van der Waals surface area contributed by atoms with Crippen LogP contribution in [0.25, 0.3) is 0 Å². The highest BCUT2D eigenvalue weighted by Gasteiger charge is 2.32. The van der Waals surface area contributed by atoms with Gasteiger partial charge in [-0.05, 0) is 19.9 Å². The van der Waals surface area contributed by atoms with Crippen molar-refractivity contribution in [2.45, 2.75) is 32.3 Å². The van der Waals surface area contributed by atoms with E-state index >= 15 is 0 Å². The largest absolute Gasteiger partial charge is 0.393 e. The Morgan fingerprint density at radius 2 is 1.77 bits per heavy atom. The zero-order valence-electron chi connectivity index (χ0n) is 9.34. The molecule has 1 N–H and O–H groups in total. The number of aliphatic hydroxyl groups is 1. The number of likely N-dealkylation sites (tertiary alicyclic amines) is 1. The minimum Gasteiger partial charge on any atom is -0.393 e. The molecule has 0 spiro atoms. The van der Waals surface area contributed by atoms with Crippen LogP contribution in [0.3, 0.4) is 0 Å². The second-order valence-corrected chi connectivity index (χ2v) is 3.35. The van der Waals surface area contributed by atoms with Gasteiger partial charge < -0.3 is 14.7 Å². The molecule has 1 rings (SSSR count). The van der Waals surface area contributed by atoms with E-state index in [2.05, 4.69) is 11.9 Å². The molecule has 0 amide bonds. The molecule has 0 aromatic heterocycles. The highest BCUT2D eigenvalue weighted by molar-refractivity contribution is 4.85. The summed E-state index contributed by atoms with van der Waals surface area (Å²) in [5, 5.41) is 9.08. The summed E-state index contributed by atoms with van der Waals surface area (Å²) in [5.41, 5.74) is -0.244. The van der Waals surface area contributed by atoms with Crippen molar-refractivity contribution in [1.29, 1.82) is 0 Å². The van der Waals surface area contributed by atoms with E-state index in [1.165, 1.54) is 0 Å². The number of methoxy groups -OCH3 is 1. The molecule has 13 heavy (non-hydrogen) atoms. The molecule has 0 radical (unpaired) electrons. The molecule has 0 aromatic rings. The van der Waals surface area contributed by atoms with E-state index in [4.69, 9.17) is 9.84 Å². The lowest BCUT2D eigenvalue weighted by molar-refractivity contribution is -0.0859. The molecular formula is C10H23NO2. The molecule has 3 heteroatoms. The van der Waals surface area contributed by atoms with Gasteiger partial charge in [-0.25, -0.2) is 0 Å². The fraction of sp³-hybridized carbons (Fsp3) is 1.00. The second-order valence-electron chi connectivity index (χ2n) is 3.35. The van der Waals surface area contributed by atoms with Gasteiger partial charge >= 0.3 is 0 Å². The van der Waals surface area contributed by atoms with E-state index in [-0.39, 0.29) is 12.2 Å². The van der Waals surface area contributed by atoms with Crippen LogP contribution in [0.1, 0.15) is 26.7 Å². The highest BCUT2D eigenvalue weighted by atomic mass is 16.5. The van der Waals surface area contributed by atoms with E-state index in [0.29, 0.717) is 0 Å².